The second kappa shape index (κ2) is 7.62. The van der Waals surface area contributed by atoms with Gasteiger partial charge in [0.25, 0.3) is 5.56 Å². The molecule has 0 unspecified atom stereocenters. The molecule has 3 heterocycles. The number of benzene rings is 2. The van der Waals surface area contributed by atoms with E-state index in [4.69, 9.17) is 9.47 Å². The molecular weight excluding hydrogens is 400 g/mol. The van der Waals surface area contributed by atoms with Crippen molar-refractivity contribution < 1.29 is 19.4 Å². The van der Waals surface area contributed by atoms with E-state index in [9.17, 15) is 14.7 Å². The predicted molar refractivity (Wildman–Crippen MR) is 112 cm³/mol. The first-order chi connectivity index (χ1) is 15.1. The second-order valence-corrected chi connectivity index (χ2v) is 6.99. The highest BCUT2D eigenvalue weighted by atomic mass is 16.7. The number of nitrogens with one attached hydrogen (secondary N) is 1. The van der Waals surface area contributed by atoms with Crippen molar-refractivity contribution in [2.24, 2.45) is 0 Å². The number of carbonyl (C=O) groups excluding carboxylic acids is 1. The molecule has 0 aliphatic carbocycles. The minimum atomic E-state index is -0.415. The summed E-state index contributed by atoms with van der Waals surface area (Å²) in [6.45, 7) is -0.400. The average Bonchev–Trinajstić information content (AvgIpc) is 3.40. The Morgan fingerprint density at radius 2 is 1.90 bits per heavy atom. The van der Waals surface area contributed by atoms with Gasteiger partial charge in [0.05, 0.1) is 12.3 Å². The second-order valence-electron chi connectivity index (χ2n) is 6.99. The number of aliphatic hydroxyl groups is 1. The number of aromatic nitrogens is 3. The molecule has 2 aromatic carbocycles. The average molecular weight is 418 g/mol. The fraction of sp³-hybridized carbons (Fsp3) is 0.136. The maximum atomic E-state index is 13.1. The van der Waals surface area contributed by atoms with Gasteiger partial charge in [-0.15, -0.1) is 0 Å². The van der Waals surface area contributed by atoms with Gasteiger partial charge in [-0.25, -0.2) is 4.52 Å². The van der Waals surface area contributed by atoms with Crippen LogP contribution in [0.25, 0.3) is 16.8 Å². The molecule has 156 valence electrons. The summed E-state index contributed by atoms with van der Waals surface area (Å²) in [5, 5.41) is 17.1. The molecule has 1 aliphatic rings. The zero-order valence-corrected chi connectivity index (χ0v) is 16.3. The fourth-order valence-corrected chi connectivity index (χ4v) is 3.58. The van der Waals surface area contributed by atoms with E-state index in [1.807, 2.05) is 30.3 Å². The lowest BCUT2D eigenvalue weighted by atomic mass is 10.1. The van der Waals surface area contributed by atoms with Gasteiger partial charge in [0.1, 0.15) is 12.1 Å². The number of nitrogens with zero attached hydrogens (tertiary/aromatic N) is 3. The molecule has 2 N–H and O–H groups in total. The Morgan fingerprint density at radius 1 is 1.10 bits per heavy atom. The van der Waals surface area contributed by atoms with Crippen LogP contribution < -0.4 is 20.3 Å². The van der Waals surface area contributed by atoms with E-state index < -0.39 is 5.56 Å². The Bertz CT molecular complexity index is 1340. The van der Waals surface area contributed by atoms with Gasteiger partial charge in [-0.05, 0) is 12.1 Å². The summed E-state index contributed by atoms with van der Waals surface area (Å²) >= 11 is 0. The van der Waals surface area contributed by atoms with Gasteiger partial charge < -0.3 is 24.5 Å². The van der Waals surface area contributed by atoms with E-state index in [-0.39, 0.29) is 31.4 Å². The Labute approximate surface area is 176 Å². The Balaban J connectivity index is 1.44. The van der Waals surface area contributed by atoms with Gasteiger partial charge in [-0.2, -0.15) is 5.10 Å². The van der Waals surface area contributed by atoms with E-state index >= 15 is 0 Å². The van der Waals surface area contributed by atoms with Crippen molar-refractivity contribution in [1.29, 1.82) is 0 Å². The SMILES string of the molecule is O=C(Cn1ccn2nc(-c3ccccc3)c(CO)c2c1=O)Nc1ccc2c(c1)OCO2. The molecule has 5 rings (SSSR count). The number of anilines is 1. The van der Waals surface area contributed by atoms with Gasteiger partial charge >= 0.3 is 0 Å². The summed E-state index contributed by atoms with van der Waals surface area (Å²) < 4.78 is 13.3. The van der Waals surface area contributed by atoms with E-state index in [0.29, 0.717) is 28.4 Å². The van der Waals surface area contributed by atoms with E-state index in [2.05, 4.69) is 10.4 Å². The van der Waals surface area contributed by atoms with Crippen LogP contribution in [0.1, 0.15) is 5.56 Å². The summed E-state index contributed by atoms with van der Waals surface area (Å²) in [7, 11) is 0. The zero-order valence-electron chi connectivity index (χ0n) is 16.3. The molecule has 0 saturated heterocycles. The molecule has 2 aromatic heterocycles. The van der Waals surface area contributed by atoms with Crippen LogP contribution in [0.3, 0.4) is 0 Å². The number of ether oxygens (including phenoxy) is 2. The van der Waals surface area contributed by atoms with Gasteiger partial charge in [0.15, 0.2) is 11.5 Å². The van der Waals surface area contributed by atoms with Crippen LogP contribution >= 0.6 is 0 Å². The summed E-state index contributed by atoms with van der Waals surface area (Å²) in [5.74, 6) is 0.793. The third kappa shape index (κ3) is 3.40. The molecule has 0 spiro atoms. The highest BCUT2D eigenvalue weighted by Crippen LogP contribution is 2.34. The normalized spacial score (nSPS) is 12.3. The largest absolute Gasteiger partial charge is 0.454 e. The summed E-state index contributed by atoms with van der Waals surface area (Å²) in [4.78, 5) is 25.6. The Kier molecular flexibility index (Phi) is 4.64. The number of aliphatic hydroxyl groups excluding tert-OH is 1. The van der Waals surface area contributed by atoms with Crippen LogP contribution in [0, 0.1) is 0 Å². The Hall–Kier alpha value is -4.11. The van der Waals surface area contributed by atoms with Gasteiger partial charge in [-0.1, -0.05) is 30.3 Å². The lowest BCUT2D eigenvalue weighted by Gasteiger charge is -2.08. The van der Waals surface area contributed by atoms with Crippen molar-refractivity contribution in [2.75, 3.05) is 12.1 Å². The number of carbonyl (C=O) groups is 1. The van der Waals surface area contributed by atoms with Gasteiger partial charge in [0.2, 0.25) is 12.7 Å². The van der Waals surface area contributed by atoms with Gasteiger partial charge in [0, 0.05) is 35.3 Å². The topological polar surface area (TPSA) is 107 Å². The van der Waals surface area contributed by atoms with Crippen molar-refractivity contribution in [3.05, 3.63) is 76.8 Å². The molecule has 1 amide bonds. The molecule has 0 bridgehead atoms. The summed E-state index contributed by atoms with van der Waals surface area (Å²) in [6.07, 6.45) is 3.09. The molecular formula is C22H18N4O5. The fourth-order valence-electron chi connectivity index (χ4n) is 3.58. The lowest BCUT2D eigenvalue weighted by molar-refractivity contribution is -0.116. The molecule has 0 saturated carbocycles. The van der Waals surface area contributed by atoms with Crippen molar-refractivity contribution in [2.45, 2.75) is 13.2 Å². The molecule has 0 fully saturated rings. The number of hydrogen-bond acceptors (Lipinski definition) is 6. The van der Waals surface area contributed by atoms with Crippen molar-refractivity contribution >= 4 is 17.1 Å². The van der Waals surface area contributed by atoms with Crippen LogP contribution in [0.4, 0.5) is 5.69 Å². The van der Waals surface area contributed by atoms with E-state index in [1.165, 1.54) is 15.3 Å². The minimum Gasteiger partial charge on any atom is -0.454 e. The first-order valence-corrected chi connectivity index (χ1v) is 9.60. The number of amides is 1. The maximum Gasteiger partial charge on any atom is 0.277 e. The number of hydrogen-bond donors (Lipinski definition) is 2. The molecule has 4 aromatic rings. The van der Waals surface area contributed by atoms with Crippen LogP contribution in [0.2, 0.25) is 0 Å². The van der Waals surface area contributed by atoms with Crippen molar-refractivity contribution in [3.8, 4) is 22.8 Å². The van der Waals surface area contributed by atoms with Crippen molar-refractivity contribution in [1.82, 2.24) is 14.2 Å². The third-order valence-corrected chi connectivity index (χ3v) is 5.04. The third-order valence-electron chi connectivity index (χ3n) is 5.04. The van der Waals surface area contributed by atoms with Crippen LogP contribution in [0.15, 0.2) is 65.7 Å². The van der Waals surface area contributed by atoms with Crippen LogP contribution in [-0.2, 0) is 17.9 Å². The maximum absolute atomic E-state index is 13.1. The van der Waals surface area contributed by atoms with Crippen LogP contribution in [0.5, 0.6) is 11.5 Å². The Morgan fingerprint density at radius 3 is 2.71 bits per heavy atom. The summed E-state index contributed by atoms with van der Waals surface area (Å²) in [5.41, 5.74) is 2.10. The first kappa shape index (κ1) is 18.9. The summed E-state index contributed by atoms with van der Waals surface area (Å²) in [6, 6.07) is 14.4. The standard InChI is InChI=1S/C22H18N4O5/c27-12-16-20(14-4-2-1-3-5-14)24-26-9-8-25(22(29)21(16)26)11-19(28)23-15-6-7-17-18(10-15)31-13-30-17/h1-10,27H,11-13H2,(H,23,28). The molecule has 9 nitrogen and oxygen atoms in total. The molecule has 9 heteroatoms. The molecule has 0 radical (unpaired) electrons. The molecule has 31 heavy (non-hydrogen) atoms. The predicted octanol–water partition coefficient (Wildman–Crippen LogP) is 2.02. The van der Waals surface area contributed by atoms with Crippen LogP contribution in [-0.4, -0.2) is 32.0 Å². The highest BCUT2D eigenvalue weighted by Gasteiger charge is 2.19. The number of fused-ring (bicyclic) bond motifs is 2. The zero-order chi connectivity index (χ0) is 21.4. The van der Waals surface area contributed by atoms with E-state index in [0.717, 1.165) is 5.56 Å². The van der Waals surface area contributed by atoms with E-state index in [1.54, 1.807) is 24.4 Å². The number of rotatable bonds is 5. The monoisotopic (exact) mass is 418 g/mol. The molecule has 0 atom stereocenters. The van der Waals surface area contributed by atoms with Crippen molar-refractivity contribution in [3.63, 3.8) is 0 Å². The van der Waals surface area contributed by atoms with Gasteiger partial charge in [-0.3, -0.25) is 9.59 Å². The first-order valence-electron chi connectivity index (χ1n) is 9.60. The highest BCUT2D eigenvalue weighted by molar-refractivity contribution is 5.91. The smallest absolute Gasteiger partial charge is 0.277 e. The minimum absolute atomic E-state index is 0.144. The quantitative estimate of drug-likeness (QED) is 0.514. The molecule has 1 aliphatic heterocycles. The lowest BCUT2D eigenvalue weighted by Crippen LogP contribution is -2.28.